The van der Waals surface area contributed by atoms with Gasteiger partial charge in [-0.2, -0.15) is 0 Å². The normalized spacial score (nSPS) is 22.9. The fourth-order valence-electron chi connectivity index (χ4n) is 0.764. The van der Waals surface area contributed by atoms with Gasteiger partial charge in [0.25, 0.3) is 0 Å². The van der Waals surface area contributed by atoms with E-state index in [-0.39, 0.29) is 0 Å². The molecule has 0 spiro atoms. The average Bonchev–Trinajstić information content (AvgIpc) is 2.01. The summed E-state index contributed by atoms with van der Waals surface area (Å²) < 4.78 is 0.999. The van der Waals surface area contributed by atoms with Gasteiger partial charge in [-0.05, 0) is 6.07 Å². The molecule has 0 unspecified atom stereocenters. The van der Waals surface area contributed by atoms with E-state index in [0.717, 1.165) is 5.69 Å². The van der Waals surface area contributed by atoms with Crippen LogP contribution in [0.15, 0.2) is 18.6 Å². The first-order valence-electron chi connectivity index (χ1n) is 3.04. The first-order chi connectivity index (χ1) is 5.36. The Balaban J connectivity index is 2.13. The summed E-state index contributed by atoms with van der Waals surface area (Å²) in [5.41, 5.74) is 1.01. The summed E-state index contributed by atoms with van der Waals surface area (Å²) in [5, 5.41) is 7.19. The van der Waals surface area contributed by atoms with E-state index < -0.39 is 0 Å². The van der Waals surface area contributed by atoms with Gasteiger partial charge in [0.15, 0.2) is 0 Å². The Labute approximate surface area is 72.5 Å². The minimum Gasteiger partial charge on any atom is -0.288 e. The lowest BCUT2D eigenvalue weighted by atomic mass is 10.5. The van der Waals surface area contributed by atoms with E-state index in [2.05, 4.69) is 9.97 Å². The van der Waals surface area contributed by atoms with Gasteiger partial charge in [-0.15, -0.1) is 0 Å². The molecule has 0 aromatic carbocycles. The van der Waals surface area contributed by atoms with Gasteiger partial charge in [0.1, 0.15) is 15.3 Å². The number of nitrogens with one attached hydrogen (secondary N) is 1. The molecule has 0 atom stereocenters. The standard InChI is InChI=1S/C6H5N3S2/c7-6-10-5(11-6)4-1-2-8-3-9-4/h1-3,5,7H. The zero-order valence-electron chi connectivity index (χ0n) is 5.52. The summed E-state index contributed by atoms with van der Waals surface area (Å²) in [4.78, 5) is 7.91. The highest BCUT2D eigenvalue weighted by Gasteiger charge is 2.27. The molecule has 1 aliphatic rings. The minimum absolute atomic E-state index is 0.325. The number of hydrogen-bond donors (Lipinski definition) is 1. The Kier molecular flexibility index (Phi) is 1.83. The summed E-state index contributed by atoms with van der Waals surface area (Å²) in [5.74, 6) is 0. The fourth-order valence-corrected chi connectivity index (χ4v) is 2.56. The predicted octanol–water partition coefficient (Wildman–Crippen LogP) is 1.89. The van der Waals surface area contributed by atoms with E-state index in [1.165, 1.54) is 23.5 Å². The van der Waals surface area contributed by atoms with Crippen molar-refractivity contribution in [2.75, 3.05) is 0 Å². The van der Waals surface area contributed by atoms with Crippen LogP contribution in [-0.4, -0.2) is 14.3 Å². The highest BCUT2D eigenvalue weighted by molar-refractivity contribution is 8.52. The molecular formula is C6H5N3S2. The van der Waals surface area contributed by atoms with Crippen LogP contribution in [0.1, 0.15) is 10.3 Å². The van der Waals surface area contributed by atoms with Crippen LogP contribution in [0.4, 0.5) is 0 Å². The largest absolute Gasteiger partial charge is 0.288 e. The van der Waals surface area contributed by atoms with Crippen molar-refractivity contribution >= 4 is 27.9 Å². The first-order valence-corrected chi connectivity index (χ1v) is 4.80. The third-order valence-corrected chi connectivity index (χ3v) is 3.77. The van der Waals surface area contributed by atoms with Crippen molar-refractivity contribution in [3.05, 3.63) is 24.3 Å². The van der Waals surface area contributed by atoms with Crippen LogP contribution >= 0.6 is 23.5 Å². The van der Waals surface area contributed by atoms with Gasteiger partial charge in [-0.3, -0.25) is 5.41 Å². The van der Waals surface area contributed by atoms with Gasteiger partial charge in [-0.25, -0.2) is 9.97 Å². The maximum atomic E-state index is 7.19. The van der Waals surface area contributed by atoms with Crippen LogP contribution in [0.25, 0.3) is 0 Å². The Morgan fingerprint density at radius 2 is 2.27 bits per heavy atom. The molecule has 0 radical (unpaired) electrons. The highest BCUT2D eigenvalue weighted by atomic mass is 32.3. The molecule has 2 rings (SSSR count). The van der Waals surface area contributed by atoms with E-state index in [4.69, 9.17) is 5.41 Å². The highest BCUT2D eigenvalue weighted by Crippen LogP contribution is 2.52. The molecule has 0 aliphatic carbocycles. The van der Waals surface area contributed by atoms with Crippen LogP contribution in [0, 0.1) is 5.41 Å². The molecule has 1 aromatic rings. The zero-order valence-corrected chi connectivity index (χ0v) is 7.15. The molecule has 5 heteroatoms. The summed E-state index contributed by atoms with van der Waals surface area (Å²) in [6.07, 6.45) is 3.27. The molecule has 0 amide bonds. The molecule has 1 N–H and O–H groups in total. The van der Waals surface area contributed by atoms with Gasteiger partial charge in [0, 0.05) is 6.20 Å². The number of hydrogen-bond acceptors (Lipinski definition) is 5. The number of rotatable bonds is 1. The first kappa shape index (κ1) is 7.12. The van der Waals surface area contributed by atoms with Gasteiger partial charge >= 0.3 is 0 Å². The molecule has 1 aliphatic heterocycles. The van der Waals surface area contributed by atoms with Gasteiger partial charge < -0.3 is 0 Å². The van der Waals surface area contributed by atoms with Crippen molar-refractivity contribution in [2.24, 2.45) is 0 Å². The topological polar surface area (TPSA) is 49.6 Å². The van der Waals surface area contributed by atoms with Crippen LogP contribution < -0.4 is 0 Å². The molecule has 3 nitrogen and oxygen atoms in total. The maximum absolute atomic E-state index is 7.19. The van der Waals surface area contributed by atoms with Gasteiger partial charge in [-0.1, -0.05) is 23.5 Å². The molecular weight excluding hydrogens is 178 g/mol. The summed E-state index contributed by atoms with van der Waals surface area (Å²) >= 11 is 3.08. The monoisotopic (exact) mass is 183 g/mol. The van der Waals surface area contributed by atoms with Crippen molar-refractivity contribution in [2.45, 2.75) is 4.58 Å². The smallest absolute Gasteiger partial charge is 0.124 e. The van der Waals surface area contributed by atoms with Crippen LogP contribution in [0.3, 0.4) is 0 Å². The number of nitrogens with zero attached hydrogens (tertiary/aromatic N) is 2. The SMILES string of the molecule is N=C1SC(c2ccncn2)S1. The molecule has 1 saturated heterocycles. The van der Waals surface area contributed by atoms with Crippen molar-refractivity contribution in [3.8, 4) is 0 Å². The summed E-state index contributed by atoms with van der Waals surface area (Å²) in [7, 11) is 0. The van der Waals surface area contributed by atoms with Crippen molar-refractivity contribution in [1.29, 1.82) is 5.41 Å². The maximum Gasteiger partial charge on any atom is 0.124 e. The molecule has 1 fully saturated rings. The predicted molar refractivity (Wildman–Crippen MR) is 47.7 cm³/mol. The van der Waals surface area contributed by atoms with Crippen molar-refractivity contribution in [3.63, 3.8) is 0 Å². The quantitative estimate of drug-likeness (QED) is 0.722. The second kappa shape index (κ2) is 2.83. The number of thioether (sulfide) groups is 2. The molecule has 2 heterocycles. The molecule has 0 bridgehead atoms. The van der Waals surface area contributed by atoms with E-state index in [1.807, 2.05) is 6.07 Å². The average molecular weight is 183 g/mol. The zero-order chi connectivity index (χ0) is 7.68. The third-order valence-electron chi connectivity index (χ3n) is 1.27. The van der Waals surface area contributed by atoms with Crippen LogP contribution in [0.5, 0.6) is 0 Å². The van der Waals surface area contributed by atoms with Crippen molar-refractivity contribution in [1.82, 2.24) is 9.97 Å². The molecule has 0 saturated carbocycles. The minimum atomic E-state index is 0.325. The number of aromatic nitrogens is 2. The Bertz CT molecular complexity index is 266. The molecule has 1 aromatic heterocycles. The van der Waals surface area contributed by atoms with E-state index in [0.29, 0.717) is 8.96 Å². The Morgan fingerprint density at radius 3 is 2.82 bits per heavy atom. The van der Waals surface area contributed by atoms with Gasteiger partial charge in [0.05, 0.1) is 5.69 Å². The van der Waals surface area contributed by atoms with Crippen LogP contribution in [-0.2, 0) is 0 Å². The second-order valence-electron chi connectivity index (χ2n) is 1.99. The Morgan fingerprint density at radius 1 is 1.45 bits per heavy atom. The molecule has 11 heavy (non-hydrogen) atoms. The second-order valence-corrected chi connectivity index (χ2v) is 4.78. The summed E-state index contributed by atoms with van der Waals surface area (Å²) in [6, 6.07) is 1.89. The third kappa shape index (κ3) is 1.39. The van der Waals surface area contributed by atoms with Gasteiger partial charge in [0.2, 0.25) is 0 Å². The fraction of sp³-hybridized carbons (Fsp3) is 0.167. The summed E-state index contributed by atoms with van der Waals surface area (Å²) in [6.45, 7) is 0. The lowest BCUT2D eigenvalue weighted by molar-refractivity contribution is 1.08. The van der Waals surface area contributed by atoms with Crippen LogP contribution in [0.2, 0.25) is 0 Å². The van der Waals surface area contributed by atoms with E-state index >= 15 is 0 Å². The molecule has 56 valence electrons. The Hall–Kier alpha value is -0.550. The van der Waals surface area contributed by atoms with E-state index in [1.54, 1.807) is 12.5 Å². The lowest BCUT2D eigenvalue weighted by Gasteiger charge is -2.23. The van der Waals surface area contributed by atoms with E-state index in [9.17, 15) is 0 Å². The lowest BCUT2D eigenvalue weighted by Crippen LogP contribution is -2.06. The van der Waals surface area contributed by atoms with Crippen molar-refractivity contribution < 1.29 is 0 Å².